The number of fused-ring (bicyclic) bond motifs is 1. The number of hydrogen-bond donors (Lipinski definition) is 1. The second-order valence-corrected chi connectivity index (χ2v) is 4.05. The molecule has 2 rings (SSSR count). The van der Waals surface area contributed by atoms with Crippen LogP contribution in [0.2, 0.25) is 0 Å². The smallest absolute Gasteiger partial charge is 0.244 e. The molecular weight excluding hydrogens is 228 g/mol. The summed E-state index contributed by atoms with van der Waals surface area (Å²) in [5.74, 6) is -0.675. The van der Waals surface area contributed by atoms with Gasteiger partial charge in [0.1, 0.15) is 0 Å². The van der Waals surface area contributed by atoms with Gasteiger partial charge in [-0.1, -0.05) is 30.3 Å². The van der Waals surface area contributed by atoms with Crippen molar-refractivity contribution < 1.29 is 9.59 Å². The van der Waals surface area contributed by atoms with Crippen LogP contribution >= 0.6 is 0 Å². The van der Waals surface area contributed by atoms with Crippen molar-refractivity contribution in [2.24, 2.45) is 0 Å². The van der Waals surface area contributed by atoms with E-state index in [1.807, 2.05) is 42.5 Å². The lowest BCUT2D eigenvalue weighted by Gasteiger charge is -2.19. The molecule has 0 spiro atoms. The number of anilines is 1. The number of carbonyl (C=O) groups is 2. The van der Waals surface area contributed by atoms with Crippen LogP contribution in [0.4, 0.5) is 5.69 Å². The fourth-order valence-corrected chi connectivity index (χ4v) is 1.77. The first-order valence-corrected chi connectivity index (χ1v) is 5.64. The van der Waals surface area contributed by atoms with Crippen LogP contribution in [-0.4, -0.2) is 16.8 Å². The summed E-state index contributed by atoms with van der Waals surface area (Å²) in [6.45, 7) is 2.69. The predicted molar refractivity (Wildman–Crippen MR) is 70.8 cm³/mol. The van der Waals surface area contributed by atoms with Gasteiger partial charge in [-0.2, -0.15) is 5.01 Å². The molecule has 92 valence electrons. The van der Waals surface area contributed by atoms with Gasteiger partial charge in [-0.15, -0.1) is 0 Å². The van der Waals surface area contributed by atoms with Crippen LogP contribution < -0.4 is 5.43 Å². The highest BCUT2D eigenvalue weighted by Crippen LogP contribution is 2.19. The molecule has 0 saturated carbocycles. The molecule has 2 aromatic rings. The van der Waals surface area contributed by atoms with Crippen LogP contribution in [0.25, 0.3) is 10.8 Å². The number of benzene rings is 2. The molecular formula is C14H14N2O2. The number of carbonyl (C=O) groups excluding carboxylic acids is 2. The monoisotopic (exact) mass is 242 g/mol. The molecule has 0 aliphatic rings. The van der Waals surface area contributed by atoms with Crippen LogP contribution in [0, 0.1) is 0 Å². The van der Waals surface area contributed by atoms with Gasteiger partial charge in [0, 0.05) is 13.8 Å². The molecule has 0 saturated heterocycles. The molecule has 1 N–H and O–H groups in total. The first-order valence-electron chi connectivity index (χ1n) is 5.64. The first kappa shape index (κ1) is 12.1. The van der Waals surface area contributed by atoms with E-state index in [1.165, 1.54) is 13.8 Å². The van der Waals surface area contributed by atoms with Crippen LogP contribution in [0.1, 0.15) is 13.8 Å². The van der Waals surface area contributed by atoms with Crippen molar-refractivity contribution in [2.75, 3.05) is 5.43 Å². The van der Waals surface area contributed by atoms with E-state index in [1.54, 1.807) is 0 Å². The Hall–Kier alpha value is -2.36. The zero-order valence-corrected chi connectivity index (χ0v) is 10.3. The molecule has 4 heteroatoms. The van der Waals surface area contributed by atoms with Crippen LogP contribution in [0.15, 0.2) is 42.5 Å². The van der Waals surface area contributed by atoms with Crippen LogP contribution in [0.5, 0.6) is 0 Å². The quantitative estimate of drug-likeness (QED) is 0.823. The van der Waals surface area contributed by atoms with Crippen molar-refractivity contribution in [2.45, 2.75) is 13.8 Å². The van der Waals surface area contributed by atoms with Gasteiger partial charge in [0.25, 0.3) is 0 Å². The van der Waals surface area contributed by atoms with Crippen molar-refractivity contribution in [1.29, 1.82) is 0 Å². The predicted octanol–water partition coefficient (Wildman–Crippen LogP) is 2.56. The van der Waals surface area contributed by atoms with Crippen molar-refractivity contribution in [3.8, 4) is 0 Å². The van der Waals surface area contributed by atoms with Crippen LogP contribution in [0.3, 0.4) is 0 Å². The zero-order chi connectivity index (χ0) is 13.1. The molecule has 0 aromatic heterocycles. The summed E-state index contributed by atoms with van der Waals surface area (Å²) in [7, 11) is 0. The lowest BCUT2D eigenvalue weighted by atomic mass is 10.1. The minimum absolute atomic E-state index is 0.337. The fourth-order valence-electron chi connectivity index (χ4n) is 1.77. The Kier molecular flexibility index (Phi) is 3.28. The highest BCUT2D eigenvalue weighted by atomic mass is 16.2. The molecule has 4 nitrogen and oxygen atoms in total. The van der Waals surface area contributed by atoms with Gasteiger partial charge in [-0.3, -0.25) is 15.0 Å². The average Bonchev–Trinajstić information content (AvgIpc) is 2.35. The van der Waals surface area contributed by atoms with E-state index in [0.29, 0.717) is 5.69 Å². The van der Waals surface area contributed by atoms with E-state index in [-0.39, 0.29) is 11.8 Å². The summed E-state index contributed by atoms with van der Waals surface area (Å²) in [6.07, 6.45) is 0. The number of hydrogen-bond acceptors (Lipinski definition) is 3. The van der Waals surface area contributed by atoms with E-state index in [9.17, 15) is 9.59 Å². The number of nitrogens with zero attached hydrogens (tertiary/aromatic N) is 1. The Bertz CT molecular complexity index is 594. The molecule has 2 amide bonds. The Morgan fingerprint density at radius 3 is 2.17 bits per heavy atom. The summed E-state index contributed by atoms with van der Waals surface area (Å²) in [6, 6.07) is 13.6. The SMILES string of the molecule is CC(=O)N(Nc1ccc2ccccc2c1)C(C)=O. The second kappa shape index (κ2) is 4.87. The Labute approximate surface area is 105 Å². The van der Waals surface area contributed by atoms with Gasteiger partial charge in [0.2, 0.25) is 11.8 Å². The van der Waals surface area contributed by atoms with Gasteiger partial charge >= 0.3 is 0 Å². The van der Waals surface area contributed by atoms with Crippen LogP contribution in [-0.2, 0) is 9.59 Å². The Morgan fingerprint density at radius 2 is 1.56 bits per heavy atom. The minimum Gasteiger partial charge on any atom is -0.289 e. The molecule has 2 aromatic carbocycles. The highest BCUT2D eigenvalue weighted by Gasteiger charge is 2.13. The maximum atomic E-state index is 11.3. The first-order chi connectivity index (χ1) is 8.58. The number of imide groups is 1. The lowest BCUT2D eigenvalue weighted by Crippen LogP contribution is -2.38. The number of rotatable bonds is 2. The maximum Gasteiger partial charge on any atom is 0.244 e. The van der Waals surface area contributed by atoms with Crippen molar-refractivity contribution >= 4 is 28.3 Å². The van der Waals surface area contributed by atoms with Crippen molar-refractivity contribution in [3.05, 3.63) is 42.5 Å². The Morgan fingerprint density at radius 1 is 0.944 bits per heavy atom. The molecule has 0 fully saturated rings. The third-order valence-corrected chi connectivity index (χ3v) is 2.62. The van der Waals surface area contributed by atoms with Gasteiger partial charge in [0.15, 0.2) is 0 Å². The molecule has 18 heavy (non-hydrogen) atoms. The molecule has 0 bridgehead atoms. The molecule has 0 heterocycles. The van der Waals surface area contributed by atoms with Gasteiger partial charge in [-0.05, 0) is 22.9 Å². The van der Waals surface area contributed by atoms with Gasteiger partial charge in [-0.25, -0.2) is 0 Å². The number of nitrogens with one attached hydrogen (secondary N) is 1. The summed E-state index contributed by atoms with van der Waals surface area (Å²) >= 11 is 0. The summed E-state index contributed by atoms with van der Waals surface area (Å²) in [4.78, 5) is 22.6. The average molecular weight is 242 g/mol. The van der Waals surface area contributed by atoms with Crippen molar-refractivity contribution in [3.63, 3.8) is 0 Å². The molecule has 0 aliphatic heterocycles. The van der Waals surface area contributed by atoms with E-state index in [2.05, 4.69) is 5.43 Å². The number of amides is 2. The largest absolute Gasteiger partial charge is 0.289 e. The van der Waals surface area contributed by atoms with E-state index < -0.39 is 0 Å². The fraction of sp³-hybridized carbons (Fsp3) is 0.143. The molecule has 0 unspecified atom stereocenters. The number of hydrazine groups is 1. The standard InChI is InChI=1S/C14H14N2O2/c1-10(17)16(11(2)18)15-14-8-7-12-5-3-4-6-13(12)9-14/h3-9,15H,1-2H3. The zero-order valence-electron chi connectivity index (χ0n) is 10.3. The van der Waals surface area contributed by atoms with E-state index in [0.717, 1.165) is 15.8 Å². The van der Waals surface area contributed by atoms with Gasteiger partial charge < -0.3 is 0 Å². The lowest BCUT2D eigenvalue weighted by molar-refractivity contribution is -0.140. The maximum absolute atomic E-state index is 11.3. The summed E-state index contributed by atoms with van der Waals surface area (Å²) in [5.41, 5.74) is 3.51. The second-order valence-electron chi connectivity index (χ2n) is 4.05. The third-order valence-electron chi connectivity index (χ3n) is 2.62. The van der Waals surface area contributed by atoms with Gasteiger partial charge in [0.05, 0.1) is 5.69 Å². The molecule has 0 aliphatic carbocycles. The summed E-state index contributed by atoms with van der Waals surface area (Å²) < 4.78 is 0. The van der Waals surface area contributed by atoms with Crippen molar-refractivity contribution in [1.82, 2.24) is 5.01 Å². The molecule has 0 radical (unpaired) electrons. The minimum atomic E-state index is -0.337. The van der Waals surface area contributed by atoms with E-state index in [4.69, 9.17) is 0 Å². The topological polar surface area (TPSA) is 49.4 Å². The normalized spacial score (nSPS) is 10.1. The Balaban J connectivity index is 2.31. The third kappa shape index (κ3) is 2.48. The summed E-state index contributed by atoms with van der Waals surface area (Å²) in [5, 5.41) is 3.15. The molecule has 0 atom stereocenters. The van der Waals surface area contributed by atoms with E-state index >= 15 is 0 Å². The highest BCUT2D eigenvalue weighted by molar-refractivity contribution is 5.95.